The summed E-state index contributed by atoms with van der Waals surface area (Å²) >= 11 is 0. The molecule has 0 atom stereocenters. The highest BCUT2D eigenvalue weighted by atomic mass is 16.5. The van der Waals surface area contributed by atoms with Crippen LogP contribution >= 0.6 is 0 Å². The molecule has 206 valence electrons. The number of ether oxygens (including phenoxy) is 1. The fourth-order valence-corrected chi connectivity index (χ4v) is 2.98. The minimum Gasteiger partial charge on any atom is -0.466 e. The Morgan fingerprint density at radius 3 is 1.78 bits per heavy atom. The van der Waals surface area contributed by atoms with Crippen LogP contribution in [-0.4, -0.2) is 63.0 Å². The van der Waals surface area contributed by atoms with Crippen molar-refractivity contribution in [3.05, 3.63) is 72.9 Å². The molecular formula is C30H47N3O4. The quantitative estimate of drug-likeness (QED) is 0.0996. The number of carbonyl (C=O) groups is 3. The van der Waals surface area contributed by atoms with E-state index in [4.69, 9.17) is 0 Å². The summed E-state index contributed by atoms with van der Waals surface area (Å²) in [6.07, 6.45) is 31.2. The van der Waals surface area contributed by atoms with Crippen LogP contribution < -0.4 is 10.6 Å². The Bertz CT molecular complexity index is 795. The van der Waals surface area contributed by atoms with Gasteiger partial charge in [0.15, 0.2) is 0 Å². The molecule has 7 heteroatoms. The molecule has 0 spiro atoms. The molecule has 0 rings (SSSR count). The number of esters is 1. The van der Waals surface area contributed by atoms with E-state index in [2.05, 4.69) is 83.1 Å². The average molecular weight is 514 g/mol. The second kappa shape index (κ2) is 25.9. The van der Waals surface area contributed by atoms with Gasteiger partial charge in [-0.05, 0) is 52.0 Å². The number of allylic oxidation sites excluding steroid dienone is 10. The first-order valence-electron chi connectivity index (χ1n) is 13.2. The number of hydrogen-bond donors (Lipinski definition) is 2. The lowest BCUT2D eigenvalue weighted by molar-refractivity contribution is -0.135. The summed E-state index contributed by atoms with van der Waals surface area (Å²) in [6.45, 7) is 4.48. The zero-order valence-corrected chi connectivity index (χ0v) is 23.0. The number of nitrogens with zero attached hydrogens (tertiary/aromatic N) is 1. The van der Waals surface area contributed by atoms with Crippen LogP contribution in [0.1, 0.15) is 58.3 Å². The van der Waals surface area contributed by atoms with Crippen molar-refractivity contribution in [2.45, 2.75) is 58.3 Å². The second-order valence-corrected chi connectivity index (χ2v) is 8.40. The molecule has 0 aromatic heterocycles. The van der Waals surface area contributed by atoms with Gasteiger partial charge in [-0.15, -0.1) is 0 Å². The van der Waals surface area contributed by atoms with E-state index in [1.54, 1.807) is 0 Å². The zero-order chi connectivity index (χ0) is 27.4. The molecule has 0 aliphatic rings. The van der Waals surface area contributed by atoms with E-state index in [9.17, 15) is 14.4 Å². The molecule has 0 aromatic rings. The van der Waals surface area contributed by atoms with E-state index < -0.39 is 5.97 Å². The van der Waals surface area contributed by atoms with Crippen LogP contribution in [0.3, 0.4) is 0 Å². The predicted molar refractivity (Wildman–Crippen MR) is 153 cm³/mol. The first-order valence-corrected chi connectivity index (χ1v) is 13.2. The Morgan fingerprint density at radius 2 is 1.24 bits per heavy atom. The van der Waals surface area contributed by atoms with Gasteiger partial charge in [-0.2, -0.15) is 0 Å². The second-order valence-electron chi connectivity index (χ2n) is 8.40. The Morgan fingerprint density at radius 1 is 0.730 bits per heavy atom. The maximum absolute atomic E-state index is 12.0. The number of hydrogen-bond acceptors (Lipinski definition) is 5. The van der Waals surface area contributed by atoms with Gasteiger partial charge in [0, 0.05) is 44.8 Å². The third-order valence-electron chi connectivity index (χ3n) is 5.11. The summed E-state index contributed by atoms with van der Waals surface area (Å²) in [7, 11) is 3.18. The van der Waals surface area contributed by atoms with E-state index in [0.29, 0.717) is 32.6 Å². The monoisotopic (exact) mass is 513 g/mol. The largest absolute Gasteiger partial charge is 0.466 e. The lowest BCUT2D eigenvalue weighted by Crippen LogP contribution is -2.37. The molecule has 0 fully saturated rings. The molecule has 0 aliphatic heterocycles. The Labute approximate surface area is 224 Å². The van der Waals surface area contributed by atoms with E-state index in [-0.39, 0.29) is 11.8 Å². The van der Waals surface area contributed by atoms with Crippen LogP contribution in [0.25, 0.3) is 0 Å². The molecule has 2 amide bonds. The maximum Gasteiger partial charge on any atom is 0.330 e. The molecule has 0 saturated heterocycles. The number of amides is 2. The summed E-state index contributed by atoms with van der Waals surface area (Å²) in [4.78, 5) is 36.5. The Hall–Kier alpha value is -3.19. The normalized spacial score (nSPS) is 12.3. The number of likely N-dealkylation sites (N-methyl/N-ethyl adjacent to an activating group) is 1. The predicted octanol–water partition coefficient (Wildman–Crippen LogP) is 4.80. The summed E-state index contributed by atoms with van der Waals surface area (Å²) in [6, 6.07) is 0. The third kappa shape index (κ3) is 25.7. The highest BCUT2D eigenvalue weighted by Crippen LogP contribution is 1.99. The number of nitrogens with one attached hydrogen (secondary N) is 2. The van der Waals surface area contributed by atoms with Gasteiger partial charge in [0.05, 0.1) is 7.11 Å². The molecule has 0 radical (unpaired) electrons. The molecular weight excluding hydrogens is 466 g/mol. The molecule has 0 aliphatic carbocycles. The number of unbranched alkanes of at least 4 members (excludes halogenated alkanes) is 1. The van der Waals surface area contributed by atoms with Gasteiger partial charge < -0.3 is 20.3 Å². The molecule has 0 saturated carbocycles. The minimum absolute atomic E-state index is 0.0574. The summed E-state index contributed by atoms with van der Waals surface area (Å²) < 4.78 is 4.43. The molecule has 0 aromatic carbocycles. The molecule has 37 heavy (non-hydrogen) atoms. The first kappa shape index (κ1) is 33.8. The van der Waals surface area contributed by atoms with Crippen LogP contribution in [0.2, 0.25) is 0 Å². The van der Waals surface area contributed by atoms with Crippen molar-refractivity contribution in [3.8, 4) is 0 Å². The van der Waals surface area contributed by atoms with Crippen molar-refractivity contribution in [1.29, 1.82) is 0 Å². The third-order valence-corrected chi connectivity index (χ3v) is 5.11. The summed E-state index contributed by atoms with van der Waals surface area (Å²) in [5.41, 5.74) is 0. The van der Waals surface area contributed by atoms with Crippen molar-refractivity contribution in [2.24, 2.45) is 0 Å². The van der Waals surface area contributed by atoms with Crippen LogP contribution in [0, 0.1) is 0 Å². The highest BCUT2D eigenvalue weighted by molar-refractivity contribution is 5.94. The average Bonchev–Trinajstić information content (AvgIpc) is 2.89. The van der Waals surface area contributed by atoms with Crippen LogP contribution in [-0.2, 0) is 19.1 Å². The number of carbonyl (C=O) groups excluding carboxylic acids is 3. The highest BCUT2D eigenvalue weighted by Gasteiger charge is 2.03. The smallest absolute Gasteiger partial charge is 0.330 e. The lowest BCUT2D eigenvalue weighted by Gasteiger charge is -2.16. The Balaban J connectivity index is 3.67. The van der Waals surface area contributed by atoms with Gasteiger partial charge in [0.2, 0.25) is 11.8 Å². The molecule has 0 heterocycles. The van der Waals surface area contributed by atoms with Gasteiger partial charge in [-0.3, -0.25) is 9.59 Å². The summed E-state index contributed by atoms with van der Waals surface area (Å²) in [5, 5.41) is 5.61. The van der Waals surface area contributed by atoms with Crippen molar-refractivity contribution in [1.82, 2.24) is 15.5 Å². The van der Waals surface area contributed by atoms with E-state index in [1.165, 1.54) is 7.11 Å². The van der Waals surface area contributed by atoms with Crippen molar-refractivity contribution < 1.29 is 19.1 Å². The number of methoxy groups -OCH3 is 1. The topological polar surface area (TPSA) is 87.7 Å². The van der Waals surface area contributed by atoms with Gasteiger partial charge in [-0.1, -0.05) is 67.7 Å². The number of rotatable bonds is 21. The van der Waals surface area contributed by atoms with Gasteiger partial charge in [0.1, 0.15) is 0 Å². The summed E-state index contributed by atoms with van der Waals surface area (Å²) in [5.74, 6) is -0.859. The zero-order valence-electron chi connectivity index (χ0n) is 23.0. The fourth-order valence-electron chi connectivity index (χ4n) is 2.98. The van der Waals surface area contributed by atoms with Crippen LogP contribution in [0.4, 0.5) is 0 Å². The van der Waals surface area contributed by atoms with E-state index in [0.717, 1.165) is 57.1 Å². The molecule has 7 nitrogen and oxygen atoms in total. The fraction of sp³-hybridized carbons (Fsp3) is 0.500. The lowest BCUT2D eigenvalue weighted by atomic mass is 10.2. The molecule has 0 bridgehead atoms. The molecule has 2 N–H and O–H groups in total. The van der Waals surface area contributed by atoms with Gasteiger partial charge in [0.25, 0.3) is 0 Å². The van der Waals surface area contributed by atoms with E-state index >= 15 is 0 Å². The van der Waals surface area contributed by atoms with Crippen molar-refractivity contribution >= 4 is 17.8 Å². The SMILES string of the molecule is CC/C=C\C/C=C\C/C=C\C/C=C\C/C=C\CCCC(=O)NCCN(C)CCNC(=O)C=CC(=O)OC. The minimum atomic E-state index is -0.569. The maximum atomic E-state index is 12.0. The molecule has 0 unspecified atom stereocenters. The Kier molecular flexibility index (Phi) is 23.7. The van der Waals surface area contributed by atoms with Crippen molar-refractivity contribution in [2.75, 3.05) is 40.3 Å². The van der Waals surface area contributed by atoms with Gasteiger partial charge in [-0.25, -0.2) is 4.79 Å². The van der Waals surface area contributed by atoms with Crippen molar-refractivity contribution in [3.63, 3.8) is 0 Å². The van der Waals surface area contributed by atoms with Gasteiger partial charge >= 0.3 is 5.97 Å². The van der Waals surface area contributed by atoms with Crippen LogP contribution in [0.15, 0.2) is 72.9 Å². The first-order chi connectivity index (χ1) is 18.0. The van der Waals surface area contributed by atoms with Crippen LogP contribution in [0.5, 0.6) is 0 Å². The standard InChI is InChI=1S/C30H47N3O4/c1-4-5-6-7-8-9-10-11-12-13-14-15-16-17-18-19-20-21-28(34)31-24-26-33(2)27-25-32-29(35)22-23-30(36)37-3/h5-6,8-9,11-12,14-15,17-18,22-23H,4,7,10,13,16,19-21,24-27H2,1-3H3,(H,31,34)(H,32,35)/b6-5-,9-8-,12-11-,15-14-,18-17-,23-22?. The van der Waals surface area contributed by atoms with E-state index in [1.807, 2.05) is 11.9 Å².